The standard InChI is InChI=1S/C19H15F4NO2/c1-11-15(3-2-4-16(11)20)18(17(25)26)6-5-12(8-18)13-7-14(10-24-9-13)19(21,22)23/h2-4,7-10H,5-6H2,1H3,(H,25,26). The van der Waals surface area contributed by atoms with Gasteiger partial charge >= 0.3 is 12.1 Å². The topological polar surface area (TPSA) is 50.2 Å². The Morgan fingerprint density at radius 3 is 2.65 bits per heavy atom. The van der Waals surface area contributed by atoms with Crippen LogP contribution in [0.1, 0.15) is 35.1 Å². The largest absolute Gasteiger partial charge is 0.480 e. The lowest BCUT2D eigenvalue weighted by atomic mass is 9.78. The van der Waals surface area contributed by atoms with Gasteiger partial charge in [0.25, 0.3) is 0 Å². The lowest BCUT2D eigenvalue weighted by molar-refractivity contribution is -0.142. The molecule has 0 spiro atoms. The molecule has 0 saturated heterocycles. The van der Waals surface area contributed by atoms with E-state index in [1.165, 1.54) is 37.4 Å². The number of pyridine rings is 1. The van der Waals surface area contributed by atoms with Crippen molar-refractivity contribution >= 4 is 11.5 Å². The van der Waals surface area contributed by atoms with E-state index in [4.69, 9.17) is 0 Å². The maximum atomic E-state index is 13.9. The summed E-state index contributed by atoms with van der Waals surface area (Å²) in [5.41, 5.74) is -1.18. The van der Waals surface area contributed by atoms with E-state index < -0.39 is 28.9 Å². The summed E-state index contributed by atoms with van der Waals surface area (Å²) in [5, 5.41) is 9.82. The average molecular weight is 365 g/mol. The zero-order valence-electron chi connectivity index (χ0n) is 13.8. The van der Waals surface area contributed by atoms with E-state index in [1.807, 2.05) is 0 Å². The fraction of sp³-hybridized carbons (Fsp3) is 0.263. The first-order valence-corrected chi connectivity index (χ1v) is 7.88. The molecule has 136 valence electrons. The van der Waals surface area contributed by atoms with Crippen molar-refractivity contribution in [2.75, 3.05) is 0 Å². The zero-order chi connectivity index (χ0) is 19.1. The molecule has 1 N–H and O–H groups in total. The quantitative estimate of drug-likeness (QED) is 0.799. The number of carboxylic acid groups (broad SMARTS) is 1. The van der Waals surface area contributed by atoms with Gasteiger partial charge in [-0.25, -0.2) is 4.39 Å². The number of hydrogen-bond acceptors (Lipinski definition) is 2. The van der Waals surface area contributed by atoms with E-state index in [9.17, 15) is 27.5 Å². The number of carboxylic acids is 1. The first kappa shape index (κ1) is 18.1. The summed E-state index contributed by atoms with van der Waals surface area (Å²) in [4.78, 5) is 15.7. The smallest absolute Gasteiger partial charge is 0.417 e. The SMILES string of the molecule is Cc1c(F)cccc1C1(C(=O)O)C=C(c2cncc(C(F)(F)F)c2)CC1. The second kappa shape index (κ2) is 6.23. The van der Waals surface area contributed by atoms with Gasteiger partial charge in [-0.05, 0) is 54.2 Å². The summed E-state index contributed by atoms with van der Waals surface area (Å²) in [6, 6.07) is 5.16. The van der Waals surface area contributed by atoms with Crippen LogP contribution in [0.25, 0.3) is 5.57 Å². The Morgan fingerprint density at radius 1 is 1.27 bits per heavy atom. The summed E-state index contributed by atoms with van der Waals surface area (Å²) in [7, 11) is 0. The van der Waals surface area contributed by atoms with Crippen molar-refractivity contribution in [1.82, 2.24) is 4.98 Å². The molecule has 1 unspecified atom stereocenters. The van der Waals surface area contributed by atoms with Crippen LogP contribution >= 0.6 is 0 Å². The molecule has 0 fully saturated rings. The highest BCUT2D eigenvalue weighted by Crippen LogP contribution is 2.45. The number of halogens is 4. The molecule has 1 aliphatic rings. The molecule has 3 rings (SSSR count). The van der Waals surface area contributed by atoms with E-state index >= 15 is 0 Å². The van der Waals surface area contributed by atoms with Crippen LogP contribution in [0.5, 0.6) is 0 Å². The number of aliphatic carboxylic acids is 1. The minimum atomic E-state index is -4.54. The summed E-state index contributed by atoms with van der Waals surface area (Å²) >= 11 is 0. The van der Waals surface area contributed by atoms with Crippen LogP contribution in [0.3, 0.4) is 0 Å². The summed E-state index contributed by atoms with van der Waals surface area (Å²) in [6.07, 6.45) is -0.722. The van der Waals surface area contributed by atoms with Crippen LogP contribution < -0.4 is 0 Å². The summed E-state index contributed by atoms with van der Waals surface area (Å²) in [6.45, 7) is 1.49. The normalized spacial score (nSPS) is 20.1. The van der Waals surface area contributed by atoms with Gasteiger partial charge in [0, 0.05) is 12.4 Å². The highest BCUT2D eigenvalue weighted by atomic mass is 19.4. The van der Waals surface area contributed by atoms with Gasteiger partial charge in [-0.3, -0.25) is 9.78 Å². The van der Waals surface area contributed by atoms with Gasteiger partial charge in [0.05, 0.1) is 5.56 Å². The summed E-state index contributed by atoms with van der Waals surface area (Å²) < 4.78 is 52.6. The van der Waals surface area contributed by atoms with Crippen molar-refractivity contribution in [3.63, 3.8) is 0 Å². The van der Waals surface area contributed by atoms with Gasteiger partial charge in [-0.1, -0.05) is 18.2 Å². The van der Waals surface area contributed by atoms with E-state index in [2.05, 4.69) is 4.98 Å². The second-order valence-electron chi connectivity index (χ2n) is 6.32. The van der Waals surface area contributed by atoms with Crippen LogP contribution in [-0.2, 0) is 16.4 Å². The number of aromatic nitrogens is 1. The number of allylic oxidation sites excluding steroid dienone is 1. The number of benzene rings is 1. The molecule has 0 aliphatic heterocycles. The molecule has 26 heavy (non-hydrogen) atoms. The third kappa shape index (κ3) is 2.98. The number of nitrogens with zero attached hydrogens (tertiary/aromatic N) is 1. The highest BCUT2D eigenvalue weighted by molar-refractivity contribution is 5.90. The lowest BCUT2D eigenvalue weighted by Gasteiger charge is -2.24. The fourth-order valence-electron chi connectivity index (χ4n) is 3.36. The second-order valence-corrected chi connectivity index (χ2v) is 6.32. The number of rotatable bonds is 3. The Kier molecular flexibility index (Phi) is 4.34. The first-order chi connectivity index (χ1) is 12.1. The van der Waals surface area contributed by atoms with Crippen molar-refractivity contribution in [2.24, 2.45) is 0 Å². The van der Waals surface area contributed by atoms with Gasteiger partial charge < -0.3 is 5.11 Å². The fourth-order valence-corrected chi connectivity index (χ4v) is 3.36. The van der Waals surface area contributed by atoms with Gasteiger partial charge in [-0.15, -0.1) is 0 Å². The Labute approximate surface area is 147 Å². The molecule has 0 radical (unpaired) electrons. The molecule has 1 heterocycles. The molecule has 1 atom stereocenters. The molecule has 1 aromatic heterocycles. The van der Waals surface area contributed by atoms with E-state index in [0.717, 1.165) is 12.3 Å². The third-order valence-electron chi connectivity index (χ3n) is 4.78. The van der Waals surface area contributed by atoms with Crippen LogP contribution in [-0.4, -0.2) is 16.1 Å². The molecule has 2 aromatic rings. The van der Waals surface area contributed by atoms with Crippen LogP contribution in [0, 0.1) is 12.7 Å². The predicted molar refractivity (Wildman–Crippen MR) is 86.9 cm³/mol. The van der Waals surface area contributed by atoms with E-state index in [-0.39, 0.29) is 24.0 Å². The zero-order valence-corrected chi connectivity index (χ0v) is 13.8. The summed E-state index contributed by atoms with van der Waals surface area (Å²) in [5.74, 6) is -1.69. The van der Waals surface area contributed by atoms with Crippen molar-refractivity contribution in [1.29, 1.82) is 0 Å². The Morgan fingerprint density at radius 2 is 2.00 bits per heavy atom. The molecule has 1 aliphatic carbocycles. The van der Waals surface area contributed by atoms with Gasteiger partial charge in [0.15, 0.2) is 0 Å². The average Bonchev–Trinajstić information content (AvgIpc) is 3.03. The number of carbonyl (C=O) groups is 1. The first-order valence-electron chi connectivity index (χ1n) is 7.88. The van der Waals surface area contributed by atoms with Gasteiger partial charge in [-0.2, -0.15) is 13.2 Å². The molecule has 7 heteroatoms. The number of alkyl halides is 3. The Bertz CT molecular complexity index is 905. The Hall–Kier alpha value is -2.70. The van der Waals surface area contributed by atoms with Crippen LogP contribution in [0.4, 0.5) is 17.6 Å². The van der Waals surface area contributed by atoms with E-state index in [0.29, 0.717) is 11.1 Å². The third-order valence-corrected chi connectivity index (χ3v) is 4.78. The lowest BCUT2D eigenvalue weighted by Crippen LogP contribution is -2.32. The van der Waals surface area contributed by atoms with Crippen LogP contribution in [0.15, 0.2) is 42.7 Å². The van der Waals surface area contributed by atoms with Crippen molar-refractivity contribution in [3.05, 3.63) is 70.8 Å². The maximum Gasteiger partial charge on any atom is 0.417 e. The molecule has 0 bridgehead atoms. The van der Waals surface area contributed by atoms with Crippen molar-refractivity contribution in [3.8, 4) is 0 Å². The molecular weight excluding hydrogens is 350 g/mol. The van der Waals surface area contributed by atoms with Gasteiger partial charge in [0.1, 0.15) is 11.2 Å². The Balaban J connectivity index is 2.11. The molecule has 0 amide bonds. The van der Waals surface area contributed by atoms with Crippen molar-refractivity contribution in [2.45, 2.75) is 31.4 Å². The van der Waals surface area contributed by atoms with Crippen LogP contribution in [0.2, 0.25) is 0 Å². The molecule has 1 aromatic carbocycles. The molecular formula is C19H15F4NO2. The van der Waals surface area contributed by atoms with Gasteiger partial charge in [0.2, 0.25) is 0 Å². The predicted octanol–water partition coefficient (Wildman–Crippen LogP) is 4.75. The minimum absolute atomic E-state index is 0.137. The van der Waals surface area contributed by atoms with Crippen molar-refractivity contribution < 1.29 is 27.5 Å². The van der Waals surface area contributed by atoms with E-state index in [1.54, 1.807) is 0 Å². The molecule has 3 nitrogen and oxygen atoms in total. The molecule has 0 saturated carbocycles. The maximum absolute atomic E-state index is 13.9. The minimum Gasteiger partial charge on any atom is -0.480 e. The number of hydrogen-bond donors (Lipinski definition) is 1. The monoisotopic (exact) mass is 365 g/mol. The highest BCUT2D eigenvalue weighted by Gasteiger charge is 2.44.